The number of nitrogens with one attached hydrogen (secondary N) is 1. The zero-order chi connectivity index (χ0) is 15.6. The van der Waals surface area contributed by atoms with E-state index in [0.29, 0.717) is 30.1 Å². The quantitative estimate of drug-likeness (QED) is 0.856. The fourth-order valence-corrected chi connectivity index (χ4v) is 3.61. The van der Waals surface area contributed by atoms with E-state index < -0.39 is 10.0 Å². The second-order valence-electron chi connectivity index (χ2n) is 5.08. The van der Waals surface area contributed by atoms with Crippen LogP contribution in [0.1, 0.15) is 12.8 Å². The first kappa shape index (κ1) is 16.7. The molecule has 21 heavy (non-hydrogen) atoms. The number of sulfonamides is 1. The molecule has 1 N–H and O–H groups in total. The third-order valence-electron chi connectivity index (χ3n) is 3.41. The minimum absolute atomic E-state index is 0.179. The van der Waals surface area contributed by atoms with Gasteiger partial charge in [0.15, 0.2) is 0 Å². The van der Waals surface area contributed by atoms with Gasteiger partial charge in [-0.15, -0.1) is 0 Å². The molecule has 0 aliphatic carbocycles. The molecule has 0 aromatic heterocycles. The number of halogens is 2. The molecule has 0 radical (unpaired) electrons. The maximum Gasteiger partial charge on any atom is 0.228 e. The molecule has 1 atom stereocenters. The van der Waals surface area contributed by atoms with Gasteiger partial charge >= 0.3 is 0 Å². The monoisotopic (exact) mass is 394 g/mol. The van der Waals surface area contributed by atoms with Gasteiger partial charge in [0, 0.05) is 23.2 Å². The summed E-state index contributed by atoms with van der Waals surface area (Å²) >= 11 is 9.26. The molecule has 116 valence electrons. The summed E-state index contributed by atoms with van der Waals surface area (Å²) in [6.07, 6.45) is 2.54. The Balaban J connectivity index is 2.04. The van der Waals surface area contributed by atoms with E-state index in [-0.39, 0.29) is 18.4 Å². The molecule has 1 aliphatic heterocycles. The molecule has 2 rings (SSSR count). The van der Waals surface area contributed by atoms with Crippen LogP contribution in [0.5, 0.6) is 0 Å². The Kier molecular flexibility index (Phi) is 5.29. The van der Waals surface area contributed by atoms with Crippen LogP contribution in [0.15, 0.2) is 22.7 Å². The SMILES string of the molecule is CS(=O)(=O)N1CCC[C@H](C(=O)Nc2ccc(Br)c(Cl)c2)C1. The molecule has 0 spiro atoms. The summed E-state index contributed by atoms with van der Waals surface area (Å²) in [6, 6.07) is 5.15. The van der Waals surface area contributed by atoms with Crippen molar-refractivity contribution in [3.8, 4) is 0 Å². The minimum atomic E-state index is -3.25. The van der Waals surface area contributed by atoms with Crippen LogP contribution in [0.4, 0.5) is 5.69 Å². The largest absolute Gasteiger partial charge is 0.326 e. The topological polar surface area (TPSA) is 66.5 Å². The van der Waals surface area contributed by atoms with Crippen molar-refractivity contribution in [2.75, 3.05) is 24.7 Å². The van der Waals surface area contributed by atoms with Gasteiger partial charge in [0.05, 0.1) is 17.2 Å². The lowest BCUT2D eigenvalue weighted by Gasteiger charge is -2.30. The van der Waals surface area contributed by atoms with Gasteiger partial charge in [-0.25, -0.2) is 12.7 Å². The van der Waals surface area contributed by atoms with Crippen molar-refractivity contribution in [2.45, 2.75) is 12.8 Å². The zero-order valence-electron chi connectivity index (χ0n) is 11.5. The second-order valence-corrected chi connectivity index (χ2v) is 8.32. The fourth-order valence-electron chi connectivity index (χ4n) is 2.28. The summed E-state index contributed by atoms with van der Waals surface area (Å²) in [5.74, 6) is -0.516. The molecular weight excluding hydrogens is 380 g/mol. The molecule has 0 bridgehead atoms. The van der Waals surface area contributed by atoms with E-state index in [9.17, 15) is 13.2 Å². The van der Waals surface area contributed by atoms with Crippen molar-refractivity contribution >= 4 is 49.1 Å². The number of hydrogen-bond donors (Lipinski definition) is 1. The summed E-state index contributed by atoms with van der Waals surface area (Å²) in [7, 11) is -3.25. The summed E-state index contributed by atoms with van der Waals surface area (Å²) in [5.41, 5.74) is 0.602. The van der Waals surface area contributed by atoms with Gasteiger partial charge in [0.2, 0.25) is 15.9 Å². The Morgan fingerprint density at radius 3 is 2.81 bits per heavy atom. The summed E-state index contributed by atoms with van der Waals surface area (Å²) in [4.78, 5) is 12.2. The van der Waals surface area contributed by atoms with E-state index in [2.05, 4.69) is 21.2 Å². The van der Waals surface area contributed by atoms with Crippen molar-refractivity contribution in [2.24, 2.45) is 5.92 Å². The predicted molar refractivity (Wildman–Crippen MR) is 86.9 cm³/mol. The molecule has 1 heterocycles. The minimum Gasteiger partial charge on any atom is -0.326 e. The second kappa shape index (κ2) is 6.64. The highest BCUT2D eigenvalue weighted by molar-refractivity contribution is 9.10. The lowest BCUT2D eigenvalue weighted by atomic mass is 9.99. The standard InChI is InChI=1S/C13H16BrClN2O3S/c1-21(19,20)17-6-2-3-9(8-17)13(18)16-10-4-5-11(14)12(15)7-10/h4-5,7,9H,2-3,6,8H2,1H3,(H,16,18)/t9-/m0/s1. The maximum absolute atomic E-state index is 12.2. The molecule has 1 aromatic rings. The van der Waals surface area contributed by atoms with E-state index in [1.807, 2.05) is 0 Å². The van der Waals surface area contributed by atoms with E-state index in [1.54, 1.807) is 18.2 Å². The molecule has 1 amide bonds. The van der Waals surface area contributed by atoms with Gasteiger partial charge in [-0.2, -0.15) is 0 Å². The number of amides is 1. The molecule has 5 nitrogen and oxygen atoms in total. The normalized spacial score (nSPS) is 20.2. The number of anilines is 1. The first-order valence-electron chi connectivity index (χ1n) is 6.48. The zero-order valence-corrected chi connectivity index (χ0v) is 14.6. The maximum atomic E-state index is 12.2. The summed E-state index contributed by atoms with van der Waals surface area (Å²) in [6.45, 7) is 0.710. The van der Waals surface area contributed by atoms with E-state index in [4.69, 9.17) is 11.6 Å². The van der Waals surface area contributed by atoms with Gasteiger partial charge < -0.3 is 5.32 Å². The third-order valence-corrected chi connectivity index (χ3v) is 5.91. The van der Waals surface area contributed by atoms with Crippen LogP contribution in [0.25, 0.3) is 0 Å². The van der Waals surface area contributed by atoms with Crippen LogP contribution >= 0.6 is 27.5 Å². The first-order valence-corrected chi connectivity index (χ1v) is 9.50. The molecule has 1 saturated heterocycles. The summed E-state index contributed by atoms with van der Waals surface area (Å²) in [5, 5.41) is 3.29. The van der Waals surface area contributed by atoms with E-state index >= 15 is 0 Å². The van der Waals surface area contributed by atoms with Gasteiger partial charge in [0.1, 0.15) is 0 Å². The van der Waals surface area contributed by atoms with Gasteiger partial charge in [0.25, 0.3) is 0 Å². The number of benzene rings is 1. The fraction of sp³-hybridized carbons (Fsp3) is 0.462. The van der Waals surface area contributed by atoms with Gasteiger partial charge in [-0.1, -0.05) is 11.6 Å². The highest BCUT2D eigenvalue weighted by Crippen LogP contribution is 2.26. The van der Waals surface area contributed by atoms with E-state index in [0.717, 1.165) is 4.47 Å². The van der Waals surface area contributed by atoms with Crippen LogP contribution < -0.4 is 5.32 Å². The average molecular weight is 396 g/mol. The Morgan fingerprint density at radius 1 is 1.48 bits per heavy atom. The molecule has 8 heteroatoms. The molecule has 0 saturated carbocycles. The molecule has 0 unspecified atom stereocenters. The van der Waals surface area contributed by atoms with Crippen molar-refractivity contribution in [3.63, 3.8) is 0 Å². The number of piperidine rings is 1. The van der Waals surface area contributed by atoms with Crippen LogP contribution in [0.3, 0.4) is 0 Å². The summed E-state index contributed by atoms with van der Waals surface area (Å²) < 4.78 is 25.2. The van der Waals surface area contributed by atoms with Crippen molar-refractivity contribution in [1.82, 2.24) is 4.31 Å². The van der Waals surface area contributed by atoms with Gasteiger partial charge in [-0.05, 0) is 47.0 Å². The Labute approximate surface area is 137 Å². The van der Waals surface area contributed by atoms with Gasteiger partial charge in [-0.3, -0.25) is 4.79 Å². The Bertz CT molecular complexity index is 651. The highest BCUT2D eigenvalue weighted by atomic mass is 79.9. The molecule has 1 fully saturated rings. The number of rotatable bonds is 3. The first-order chi connectivity index (χ1) is 9.77. The lowest BCUT2D eigenvalue weighted by Crippen LogP contribution is -2.43. The number of hydrogen-bond acceptors (Lipinski definition) is 3. The van der Waals surface area contributed by atoms with E-state index in [1.165, 1.54) is 10.6 Å². The van der Waals surface area contributed by atoms with Crippen LogP contribution in [-0.4, -0.2) is 38.0 Å². The number of carbonyl (C=O) groups is 1. The van der Waals surface area contributed by atoms with Crippen molar-refractivity contribution in [3.05, 3.63) is 27.7 Å². The molecular formula is C13H16BrClN2O3S. The Morgan fingerprint density at radius 2 is 2.19 bits per heavy atom. The van der Waals surface area contributed by atoms with Crippen molar-refractivity contribution in [1.29, 1.82) is 0 Å². The third kappa shape index (κ3) is 4.42. The smallest absolute Gasteiger partial charge is 0.228 e. The number of nitrogens with zero attached hydrogens (tertiary/aromatic N) is 1. The predicted octanol–water partition coefficient (Wildman–Crippen LogP) is 2.71. The van der Waals surface area contributed by atoms with Crippen LogP contribution in [-0.2, 0) is 14.8 Å². The Hall–Kier alpha value is -0.630. The molecule has 1 aliphatic rings. The van der Waals surface area contributed by atoms with Crippen molar-refractivity contribution < 1.29 is 13.2 Å². The lowest BCUT2D eigenvalue weighted by molar-refractivity contribution is -0.120. The number of carbonyl (C=O) groups excluding carboxylic acids is 1. The average Bonchev–Trinajstić information content (AvgIpc) is 2.42. The van der Waals surface area contributed by atoms with Crippen LogP contribution in [0.2, 0.25) is 5.02 Å². The molecule has 1 aromatic carbocycles. The van der Waals surface area contributed by atoms with Crippen LogP contribution in [0, 0.1) is 5.92 Å². The highest BCUT2D eigenvalue weighted by Gasteiger charge is 2.30.